The van der Waals surface area contributed by atoms with E-state index in [1.807, 2.05) is 0 Å². The molecule has 0 saturated carbocycles. The number of aromatic amines is 1. The Kier molecular flexibility index (Phi) is 8.26. The SMILES string of the molecule is CC(C)n1cc(C(=O)Nc2ccc(Oc3ccnc4[nH]nc(N[C@@H](C)C(C)(C)O)c34)c(F)c2)c(=O)n(-c2ccc(F)cc2)c1=O. The number of ether oxygens (including phenoxy) is 1. The zero-order chi connectivity index (χ0) is 32.6. The Bertz CT molecular complexity index is 2010. The molecule has 3 aromatic heterocycles. The normalized spacial score (nSPS) is 12.4. The van der Waals surface area contributed by atoms with Gasteiger partial charge in [-0.05, 0) is 71.0 Å². The molecule has 0 aliphatic rings. The molecule has 45 heavy (non-hydrogen) atoms. The molecule has 1 atom stereocenters. The van der Waals surface area contributed by atoms with Gasteiger partial charge < -0.3 is 20.5 Å². The first kappa shape index (κ1) is 31.1. The van der Waals surface area contributed by atoms with E-state index in [1.165, 1.54) is 41.1 Å². The lowest BCUT2D eigenvalue weighted by atomic mass is 10.0. The van der Waals surface area contributed by atoms with Crippen LogP contribution in [0.5, 0.6) is 11.5 Å². The highest BCUT2D eigenvalue weighted by molar-refractivity contribution is 6.04. The maximum absolute atomic E-state index is 15.3. The Morgan fingerprint density at radius 2 is 1.76 bits per heavy atom. The number of benzene rings is 2. The van der Waals surface area contributed by atoms with E-state index in [0.29, 0.717) is 16.9 Å². The molecule has 1 amide bonds. The minimum atomic E-state index is -1.07. The van der Waals surface area contributed by atoms with Crippen molar-refractivity contribution in [1.29, 1.82) is 0 Å². The number of fused-ring (bicyclic) bond motifs is 1. The van der Waals surface area contributed by atoms with Crippen molar-refractivity contribution < 1.29 is 23.4 Å². The minimum absolute atomic E-state index is 0.0180. The number of H-pyrrole nitrogens is 1. The quantitative estimate of drug-likeness (QED) is 0.184. The van der Waals surface area contributed by atoms with Crippen LogP contribution in [0.4, 0.5) is 20.3 Å². The van der Waals surface area contributed by atoms with Crippen molar-refractivity contribution in [1.82, 2.24) is 24.3 Å². The third kappa shape index (κ3) is 6.31. The molecule has 2 aromatic carbocycles. The van der Waals surface area contributed by atoms with Gasteiger partial charge >= 0.3 is 5.69 Å². The number of amides is 1. The lowest BCUT2D eigenvalue weighted by molar-refractivity contribution is 0.0648. The van der Waals surface area contributed by atoms with Crippen LogP contribution >= 0.6 is 0 Å². The van der Waals surface area contributed by atoms with Gasteiger partial charge in [-0.2, -0.15) is 5.10 Å². The van der Waals surface area contributed by atoms with Crippen LogP contribution in [0.25, 0.3) is 16.7 Å². The van der Waals surface area contributed by atoms with E-state index >= 15 is 4.39 Å². The van der Waals surface area contributed by atoms with Gasteiger partial charge in [-0.15, -0.1) is 0 Å². The van der Waals surface area contributed by atoms with Gasteiger partial charge in [0.25, 0.3) is 11.5 Å². The second-order valence-electron chi connectivity index (χ2n) is 11.3. The summed E-state index contributed by atoms with van der Waals surface area (Å²) in [5.41, 5.74) is -2.61. The number of nitrogens with one attached hydrogen (secondary N) is 3. The van der Waals surface area contributed by atoms with Gasteiger partial charge in [0.05, 0.1) is 17.3 Å². The van der Waals surface area contributed by atoms with Crippen molar-refractivity contribution in [3.8, 4) is 17.2 Å². The Hall–Kier alpha value is -5.37. The van der Waals surface area contributed by atoms with E-state index in [0.717, 1.165) is 29.0 Å². The zero-order valence-electron chi connectivity index (χ0n) is 25.1. The largest absolute Gasteiger partial charge is 0.453 e. The topological polar surface area (TPSA) is 156 Å². The number of carbonyl (C=O) groups excluding carboxylic acids is 1. The summed E-state index contributed by atoms with van der Waals surface area (Å²) in [6.07, 6.45) is 2.60. The molecule has 4 N–H and O–H groups in total. The van der Waals surface area contributed by atoms with Gasteiger partial charge in [0.15, 0.2) is 23.0 Å². The van der Waals surface area contributed by atoms with Crippen LogP contribution in [0, 0.1) is 11.6 Å². The predicted molar refractivity (Wildman–Crippen MR) is 164 cm³/mol. The minimum Gasteiger partial charge on any atom is -0.453 e. The first-order valence-electron chi connectivity index (χ1n) is 14.0. The van der Waals surface area contributed by atoms with E-state index in [-0.39, 0.29) is 28.4 Å². The average Bonchev–Trinajstić information content (AvgIpc) is 3.38. The second kappa shape index (κ2) is 12.0. The number of nitrogens with zero attached hydrogens (tertiary/aromatic N) is 4. The van der Waals surface area contributed by atoms with Gasteiger partial charge in [-0.25, -0.2) is 23.1 Å². The zero-order valence-corrected chi connectivity index (χ0v) is 25.1. The molecular weight excluding hydrogens is 588 g/mol. The number of pyridine rings is 1. The van der Waals surface area contributed by atoms with E-state index in [4.69, 9.17) is 4.74 Å². The highest BCUT2D eigenvalue weighted by Crippen LogP contribution is 2.35. The number of hydrogen-bond acceptors (Lipinski definition) is 8. The Morgan fingerprint density at radius 1 is 1.04 bits per heavy atom. The van der Waals surface area contributed by atoms with Gasteiger partial charge in [-0.3, -0.25) is 19.3 Å². The maximum Gasteiger partial charge on any atom is 0.335 e. The fraction of sp³-hybridized carbons (Fsp3) is 0.258. The Labute approximate surface area is 255 Å². The molecule has 234 valence electrons. The number of hydrogen-bond donors (Lipinski definition) is 4. The molecule has 0 unspecified atom stereocenters. The summed E-state index contributed by atoms with van der Waals surface area (Å²) in [7, 11) is 0. The average molecular weight is 620 g/mol. The molecule has 0 spiro atoms. The van der Waals surface area contributed by atoms with Gasteiger partial charge in [-0.1, -0.05) is 0 Å². The summed E-state index contributed by atoms with van der Waals surface area (Å²) in [5, 5.41) is 23.3. The summed E-state index contributed by atoms with van der Waals surface area (Å²) in [6.45, 7) is 8.47. The fourth-order valence-corrected chi connectivity index (χ4v) is 4.39. The molecule has 12 nitrogen and oxygen atoms in total. The lowest BCUT2D eigenvalue weighted by Gasteiger charge is -2.26. The molecule has 0 aliphatic carbocycles. The van der Waals surface area contributed by atoms with E-state index in [1.54, 1.807) is 34.6 Å². The summed E-state index contributed by atoms with van der Waals surface area (Å²) >= 11 is 0. The van der Waals surface area contributed by atoms with Crippen molar-refractivity contribution in [2.75, 3.05) is 10.6 Å². The van der Waals surface area contributed by atoms with Gasteiger partial charge in [0.2, 0.25) is 0 Å². The first-order chi connectivity index (χ1) is 21.2. The molecule has 14 heteroatoms. The molecule has 0 bridgehead atoms. The highest BCUT2D eigenvalue weighted by atomic mass is 19.1. The second-order valence-corrected chi connectivity index (χ2v) is 11.3. The standard InChI is InChI=1S/C31H31F2N7O5/c1-16(2)39-15-21(29(42)40(30(39)43)20-9-6-18(32)7-10-20)28(41)36-19-8-11-23(22(33)14-19)45-24-12-13-34-26-25(24)27(38-37-26)35-17(3)31(4,5)44/h6-17,44H,1-5H3,(H,36,41)(H2,34,35,37,38)/t17-/m0/s1. The van der Waals surface area contributed by atoms with E-state index in [9.17, 15) is 23.9 Å². The van der Waals surface area contributed by atoms with Gasteiger partial charge in [0.1, 0.15) is 22.5 Å². The van der Waals surface area contributed by atoms with Crippen LogP contribution in [-0.4, -0.2) is 47.0 Å². The van der Waals surface area contributed by atoms with Crippen molar-refractivity contribution in [3.05, 3.63) is 99.0 Å². The summed E-state index contributed by atoms with van der Waals surface area (Å²) < 4.78 is 36.7. The summed E-state index contributed by atoms with van der Waals surface area (Å²) in [4.78, 5) is 43.9. The monoisotopic (exact) mass is 619 g/mol. The van der Waals surface area contributed by atoms with Crippen LogP contribution in [0.15, 0.2) is 70.5 Å². The number of anilines is 2. The van der Waals surface area contributed by atoms with Crippen LogP contribution < -0.4 is 26.6 Å². The molecule has 5 aromatic rings. The maximum atomic E-state index is 15.3. The van der Waals surface area contributed by atoms with Crippen molar-refractivity contribution in [2.24, 2.45) is 0 Å². The van der Waals surface area contributed by atoms with Crippen LogP contribution in [0.2, 0.25) is 0 Å². The number of rotatable bonds is 9. The molecule has 0 fully saturated rings. The summed E-state index contributed by atoms with van der Waals surface area (Å²) in [5.74, 6) is -1.86. The van der Waals surface area contributed by atoms with Crippen molar-refractivity contribution in [2.45, 2.75) is 52.3 Å². The number of carbonyl (C=O) groups is 1. The third-order valence-corrected chi connectivity index (χ3v) is 7.25. The van der Waals surface area contributed by atoms with E-state index in [2.05, 4.69) is 25.8 Å². The summed E-state index contributed by atoms with van der Waals surface area (Å²) in [6, 6.07) is 9.11. The molecule has 0 radical (unpaired) electrons. The Balaban J connectivity index is 1.43. The molecule has 0 saturated heterocycles. The predicted octanol–water partition coefficient (Wildman–Crippen LogP) is 4.75. The van der Waals surface area contributed by atoms with Crippen LogP contribution in [-0.2, 0) is 0 Å². The smallest absolute Gasteiger partial charge is 0.335 e. The highest BCUT2D eigenvalue weighted by Gasteiger charge is 2.25. The van der Waals surface area contributed by atoms with Crippen LogP contribution in [0.1, 0.15) is 51.0 Å². The van der Waals surface area contributed by atoms with Crippen LogP contribution in [0.3, 0.4) is 0 Å². The van der Waals surface area contributed by atoms with Gasteiger partial charge in [0, 0.05) is 36.3 Å². The van der Waals surface area contributed by atoms with Crippen molar-refractivity contribution in [3.63, 3.8) is 0 Å². The number of aromatic nitrogens is 5. The molecular formula is C31H31F2N7O5. The fourth-order valence-electron chi connectivity index (χ4n) is 4.39. The van der Waals surface area contributed by atoms with Crippen molar-refractivity contribution >= 4 is 28.4 Å². The Morgan fingerprint density at radius 3 is 2.40 bits per heavy atom. The molecule has 3 heterocycles. The lowest BCUT2D eigenvalue weighted by Crippen LogP contribution is -2.42. The van der Waals surface area contributed by atoms with E-state index < -0.39 is 46.5 Å². The first-order valence-corrected chi connectivity index (χ1v) is 14.0. The molecule has 5 rings (SSSR count). The third-order valence-electron chi connectivity index (χ3n) is 7.25. The number of aliphatic hydroxyl groups is 1. The molecule has 0 aliphatic heterocycles. The number of halogens is 2.